The molecule has 8 heteroatoms. The summed E-state index contributed by atoms with van der Waals surface area (Å²) >= 11 is 0. The van der Waals surface area contributed by atoms with Crippen LogP contribution in [0.15, 0.2) is 30.3 Å². The van der Waals surface area contributed by atoms with Gasteiger partial charge in [0.25, 0.3) is 0 Å². The fourth-order valence-corrected chi connectivity index (χ4v) is 1.93. The minimum Gasteiger partial charge on any atom is -0.475 e. The molecular weight excluding hydrogens is 315 g/mol. The van der Waals surface area contributed by atoms with Crippen molar-refractivity contribution in [3.63, 3.8) is 0 Å². The normalized spacial score (nSPS) is 17.1. The summed E-state index contributed by atoms with van der Waals surface area (Å²) in [5, 5.41) is 10.4. The molecule has 5 nitrogen and oxygen atoms in total. The molecule has 1 aliphatic heterocycles. The lowest BCUT2D eigenvalue weighted by Gasteiger charge is -2.09. The van der Waals surface area contributed by atoms with Crippen molar-refractivity contribution in [2.45, 2.75) is 38.1 Å². The van der Waals surface area contributed by atoms with E-state index in [0.29, 0.717) is 19.1 Å². The van der Waals surface area contributed by atoms with Crippen LogP contribution >= 0.6 is 0 Å². The van der Waals surface area contributed by atoms with Gasteiger partial charge in [-0.2, -0.15) is 13.2 Å². The van der Waals surface area contributed by atoms with Crippen molar-refractivity contribution in [2.75, 3.05) is 6.54 Å². The molecule has 0 saturated carbocycles. The molecule has 1 saturated heterocycles. The summed E-state index contributed by atoms with van der Waals surface area (Å²) in [5.41, 5.74) is 1.04. The number of alkyl halides is 3. The lowest BCUT2D eigenvalue weighted by atomic mass is 10.1. The average Bonchev–Trinajstić information content (AvgIpc) is 2.99. The number of benzene rings is 1. The van der Waals surface area contributed by atoms with Gasteiger partial charge in [-0.05, 0) is 24.9 Å². The van der Waals surface area contributed by atoms with E-state index in [1.807, 2.05) is 30.3 Å². The number of ether oxygens (including phenoxy) is 1. The number of carboxylic acid groups (broad SMARTS) is 1. The number of carbonyl (C=O) groups excluding carboxylic acids is 1. The summed E-state index contributed by atoms with van der Waals surface area (Å²) in [6.45, 7) is 1.41. The standard InChI is InChI=1S/C13H17NO2.C2HF3O2/c15-13(9-12-7-4-8-14-12)16-10-11-5-2-1-3-6-11;3-2(4,5)1(6)7/h1-3,5-6,12,14H,4,7-10H2;(H,6,7)/t12-;/m0./s1. The van der Waals surface area contributed by atoms with E-state index in [9.17, 15) is 18.0 Å². The Morgan fingerprint density at radius 1 is 1.26 bits per heavy atom. The molecule has 0 amide bonds. The molecule has 0 aliphatic carbocycles. The van der Waals surface area contributed by atoms with Gasteiger partial charge in [-0.15, -0.1) is 0 Å². The van der Waals surface area contributed by atoms with Gasteiger partial charge in [0.15, 0.2) is 0 Å². The molecular formula is C15H18F3NO4. The Hall–Kier alpha value is -2.09. The van der Waals surface area contributed by atoms with Crippen LogP contribution in [0.3, 0.4) is 0 Å². The zero-order valence-corrected chi connectivity index (χ0v) is 12.3. The molecule has 1 aromatic rings. The van der Waals surface area contributed by atoms with E-state index in [-0.39, 0.29) is 5.97 Å². The van der Waals surface area contributed by atoms with E-state index in [1.165, 1.54) is 0 Å². The SMILES string of the molecule is O=C(C[C@@H]1CCCN1)OCc1ccccc1.O=C(O)C(F)(F)F. The van der Waals surface area contributed by atoms with E-state index in [4.69, 9.17) is 14.6 Å². The molecule has 1 heterocycles. The maximum Gasteiger partial charge on any atom is 0.490 e. The average molecular weight is 333 g/mol. The largest absolute Gasteiger partial charge is 0.490 e. The first kappa shape index (κ1) is 19.0. The smallest absolute Gasteiger partial charge is 0.475 e. The van der Waals surface area contributed by atoms with E-state index in [1.54, 1.807) is 0 Å². The predicted molar refractivity (Wildman–Crippen MR) is 75.6 cm³/mol. The van der Waals surface area contributed by atoms with E-state index >= 15 is 0 Å². The minimum atomic E-state index is -5.08. The molecule has 1 aromatic carbocycles. The Labute approximate surface area is 131 Å². The second kappa shape index (κ2) is 9.14. The fraction of sp³-hybridized carbons (Fsp3) is 0.467. The third-order valence-electron chi connectivity index (χ3n) is 3.06. The van der Waals surface area contributed by atoms with E-state index < -0.39 is 12.1 Å². The number of rotatable bonds is 4. The van der Waals surface area contributed by atoms with Gasteiger partial charge in [0, 0.05) is 6.04 Å². The summed E-state index contributed by atoms with van der Waals surface area (Å²) in [6, 6.07) is 10.1. The van der Waals surface area contributed by atoms with Gasteiger partial charge in [-0.1, -0.05) is 30.3 Å². The first-order chi connectivity index (χ1) is 10.8. The Morgan fingerprint density at radius 3 is 2.35 bits per heavy atom. The highest BCUT2D eigenvalue weighted by atomic mass is 19.4. The number of halogens is 3. The quantitative estimate of drug-likeness (QED) is 0.828. The Kier molecular flexibility index (Phi) is 7.53. The Balaban J connectivity index is 0.000000322. The van der Waals surface area contributed by atoms with Crippen LogP contribution in [0.1, 0.15) is 24.8 Å². The van der Waals surface area contributed by atoms with Crippen molar-refractivity contribution in [3.05, 3.63) is 35.9 Å². The van der Waals surface area contributed by atoms with Crippen LogP contribution in [-0.2, 0) is 20.9 Å². The van der Waals surface area contributed by atoms with E-state index in [2.05, 4.69) is 5.32 Å². The molecule has 0 aromatic heterocycles. The van der Waals surface area contributed by atoms with Crippen molar-refractivity contribution < 1.29 is 32.6 Å². The first-order valence-corrected chi connectivity index (χ1v) is 7.02. The number of esters is 1. The summed E-state index contributed by atoms with van der Waals surface area (Å²) in [6.07, 6.45) is -2.34. The number of hydrogen-bond donors (Lipinski definition) is 2. The zero-order valence-electron chi connectivity index (χ0n) is 12.3. The van der Waals surface area contributed by atoms with Crippen molar-refractivity contribution in [3.8, 4) is 0 Å². The molecule has 2 rings (SSSR count). The van der Waals surface area contributed by atoms with Gasteiger partial charge in [0.2, 0.25) is 0 Å². The monoisotopic (exact) mass is 333 g/mol. The van der Waals surface area contributed by atoms with Crippen molar-refractivity contribution in [1.29, 1.82) is 0 Å². The van der Waals surface area contributed by atoms with Crippen LogP contribution in [0.2, 0.25) is 0 Å². The van der Waals surface area contributed by atoms with Crippen LogP contribution < -0.4 is 5.32 Å². The van der Waals surface area contributed by atoms with Crippen LogP contribution in [0.4, 0.5) is 13.2 Å². The third kappa shape index (κ3) is 8.20. The second-order valence-corrected chi connectivity index (χ2v) is 4.95. The summed E-state index contributed by atoms with van der Waals surface area (Å²) < 4.78 is 36.9. The maximum absolute atomic E-state index is 11.5. The highest BCUT2D eigenvalue weighted by Crippen LogP contribution is 2.13. The summed E-state index contributed by atoms with van der Waals surface area (Å²) in [5.74, 6) is -2.87. The second-order valence-electron chi connectivity index (χ2n) is 4.95. The van der Waals surface area contributed by atoms with Crippen molar-refractivity contribution in [1.82, 2.24) is 5.32 Å². The van der Waals surface area contributed by atoms with Gasteiger partial charge in [0.05, 0.1) is 6.42 Å². The molecule has 0 radical (unpaired) electrons. The molecule has 1 atom stereocenters. The summed E-state index contributed by atoms with van der Waals surface area (Å²) in [4.78, 5) is 20.4. The molecule has 128 valence electrons. The Morgan fingerprint density at radius 2 is 1.87 bits per heavy atom. The predicted octanol–water partition coefficient (Wildman–Crippen LogP) is 2.51. The lowest BCUT2D eigenvalue weighted by molar-refractivity contribution is -0.192. The van der Waals surface area contributed by atoms with Crippen LogP contribution in [0, 0.1) is 0 Å². The van der Waals surface area contributed by atoms with Crippen LogP contribution in [0.25, 0.3) is 0 Å². The van der Waals surface area contributed by atoms with Crippen LogP contribution in [0.5, 0.6) is 0 Å². The first-order valence-electron chi connectivity index (χ1n) is 7.02. The van der Waals surface area contributed by atoms with Gasteiger partial charge < -0.3 is 15.2 Å². The van der Waals surface area contributed by atoms with Gasteiger partial charge in [0.1, 0.15) is 6.61 Å². The summed E-state index contributed by atoms with van der Waals surface area (Å²) in [7, 11) is 0. The van der Waals surface area contributed by atoms with Gasteiger partial charge in [-0.3, -0.25) is 4.79 Å². The molecule has 23 heavy (non-hydrogen) atoms. The minimum absolute atomic E-state index is 0.108. The third-order valence-corrected chi connectivity index (χ3v) is 3.06. The molecule has 1 aliphatic rings. The topological polar surface area (TPSA) is 75.6 Å². The number of carboxylic acids is 1. The maximum atomic E-state index is 11.5. The number of hydrogen-bond acceptors (Lipinski definition) is 4. The Bertz CT molecular complexity index is 499. The molecule has 0 spiro atoms. The van der Waals surface area contributed by atoms with Crippen LogP contribution in [-0.4, -0.2) is 35.8 Å². The molecule has 1 fully saturated rings. The molecule has 2 N–H and O–H groups in total. The zero-order chi connectivity index (χ0) is 17.3. The van der Waals surface area contributed by atoms with Crippen molar-refractivity contribution in [2.24, 2.45) is 0 Å². The van der Waals surface area contributed by atoms with E-state index in [0.717, 1.165) is 24.9 Å². The van der Waals surface area contributed by atoms with Gasteiger partial charge in [-0.25, -0.2) is 4.79 Å². The molecule has 0 bridgehead atoms. The number of nitrogens with one attached hydrogen (secondary N) is 1. The van der Waals surface area contributed by atoms with Crippen molar-refractivity contribution >= 4 is 11.9 Å². The number of aliphatic carboxylic acids is 1. The fourth-order valence-electron chi connectivity index (χ4n) is 1.93. The molecule has 0 unspecified atom stereocenters. The number of carbonyl (C=O) groups is 2. The van der Waals surface area contributed by atoms with Gasteiger partial charge >= 0.3 is 18.1 Å². The highest BCUT2D eigenvalue weighted by molar-refractivity contribution is 5.73. The lowest BCUT2D eigenvalue weighted by Crippen LogP contribution is -2.25. The highest BCUT2D eigenvalue weighted by Gasteiger charge is 2.38.